The quantitative estimate of drug-likeness (QED) is 0.719. The maximum absolute atomic E-state index is 11.7. The van der Waals surface area contributed by atoms with Crippen LogP contribution in [0.3, 0.4) is 0 Å². The lowest BCUT2D eigenvalue weighted by Crippen LogP contribution is -2.09. The largest absolute Gasteiger partial charge is 0.389 e. The van der Waals surface area contributed by atoms with Crippen LogP contribution >= 0.6 is 0 Å². The van der Waals surface area contributed by atoms with E-state index in [1.807, 2.05) is 0 Å². The van der Waals surface area contributed by atoms with E-state index in [-0.39, 0.29) is 6.42 Å². The molecule has 0 aromatic carbocycles. The van der Waals surface area contributed by atoms with Gasteiger partial charge in [-0.15, -0.1) is 0 Å². The molecule has 0 spiro atoms. The molecule has 0 atom stereocenters. The van der Waals surface area contributed by atoms with Crippen LogP contribution in [0.4, 0.5) is 13.2 Å². The molecular formula is C8H11F3N2. The summed E-state index contributed by atoms with van der Waals surface area (Å²) in [6.45, 7) is 2.13. The lowest BCUT2D eigenvalue weighted by Gasteiger charge is -2.05. The second kappa shape index (κ2) is 3.81. The number of aryl methyl sites for hydroxylation is 2. The van der Waals surface area contributed by atoms with E-state index >= 15 is 0 Å². The highest BCUT2D eigenvalue weighted by molar-refractivity contribution is 4.94. The van der Waals surface area contributed by atoms with Crippen LogP contribution in [0, 0.1) is 6.92 Å². The summed E-state index contributed by atoms with van der Waals surface area (Å²) < 4.78 is 36.7. The average Bonchev–Trinajstić information content (AvgIpc) is 2.33. The summed E-state index contributed by atoms with van der Waals surface area (Å²) in [6, 6.07) is 1.77. The van der Waals surface area contributed by atoms with E-state index in [0.29, 0.717) is 6.54 Å². The number of halogens is 3. The Labute approximate surface area is 74.4 Å². The molecule has 0 aliphatic heterocycles. The highest BCUT2D eigenvalue weighted by Crippen LogP contribution is 2.21. The number of alkyl halides is 3. The van der Waals surface area contributed by atoms with Gasteiger partial charge in [-0.3, -0.25) is 4.68 Å². The van der Waals surface area contributed by atoms with Gasteiger partial charge in [-0.1, -0.05) is 0 Å². The van der Waals surface area contributed by atoms with E-state index in [2.05, 4.69) is 5.10 Å². The predicted molar refractivity (Wildman–Crippen MR) is 42.3 cm³/mol. The van der Waals surface area contributed by atoms with Gasteiger partial charge in [-0.05, 0) is 19.4 Å². The fourth-order valence-electron chi connectivity index (χ4n) is 1.03. The molecule has 0 aliphatic rings. The van der Waals surface area contributed by atoms with Gasteiger partial charge < -0.3 is 0 Å². The molecule has 1 aromatic rings. The highest BCUT2D eigenvalue weighted by Gasteiger charge is 2.25. The van der Waals surface area contributed by atoms with Gasteiger partial charge in [-0.25, -0.2) is 0 Å². The molecule has 13 heavy (non-hydrogen) atoms. The molecule has 0 amide bonds. The van der Waals surface area contributed by atoms with Gasteiger partial charge in [0.1, 0.15) is 0 Å². The van der Waals surface area contributed by atoms with Gasteiger partial charge in [0.05, 0.1) is 5.69 Å². The zero-order valence-corrected chi connectivity index (χ0v) is 7.30. The first-order chi connectivity index (χ1) is 5.97. The first-order valence-corrected chi connectivity index (χ1v) is 4.04. The topological polar surface area (TPSA) is 17.8 Å². The summed E-state index contributed by atoms with van der Waals surface area (Å²) in [6.07, 6.45) is -3.02. The Morgan fingerprint density at radius 2 is 2.15 bits per heavy atom. The van der Waals surface area contributed by atoms with Crippen molar-refractivity contribution in [2.45, 2.75) is 32.5 Å². The normalized spacial score (nSPS) is 12.0. The minimum atomic E-state index is -4.05. The predicted octanol–water partition coefficient (Wildman–Crippen LogP) is 2.53. The third-order valence-electron chi connectivity index (χ3n) is 1.62. The maximum Gasteiger partial charge on any atom is 0.389 e. The van der Waals surface area contributed by atoms with E-state index in [9.17, 15) is 13.2 Å². The van der Waals surface area contributed by atoms with Crippen molar-refractivity contribution in [3.05, 3.63) is 18.0 Å². The van der Waals surface area contributed by atoms with E-state index in [0.717, 1.165) is 5.69 Å². The highest BCUT2D eigenvalue weighted by atomic mass is 19.4. The molecule has 0 saturated heterocycles. The van der Waals surface area contributed by atoms with E-state index in [4.69, 9.17) is 0 Å². The molecule has 0 radical (unpaired) electrons. The summed E-state index contributed by atoms with van der Waals surface area (Å²) >= 11 is 0. The van der Waals surface area contributed by atoms with Crippen molar-refractivity contribution < 1.29 is 13.2 Å². The Kier molecular flexibility index (Phi) is 2.95. The van der Waals surface area contributed by atoms with E-state index in [1.54, 1.807) is 19.2 Å². The Morgan fingerprint density at radius 3 is 2.62 bits per heavy atom. The van der Waals surface area contributed by atoms with Gasteiger partial charge in [0.25, 0.3) is 0 Å². The number of hydrogen-bond donors (Lipinski definition) is 0. The third kappa shape index (κ3) is 3.96. The van der Waals surface area contributed by atoms with Gasteiger partial charge in [-0.2, -0.15) is 18.3 Å². The third-order valence-corrected chi connectivity index (χ3v) is 1.62. The molecule has 1 rings (SSSR count). The first-order valence-electron chi connectivity index (χ1n) is 4.04. The Bertz CT molecular complexity index is 265. The molecule has 0 aliphatic carbocycles. The van der Waals surface area contributed by atoms with Crippen LogP contribution in [0.15, 0.2) is 12.3 Å². The van der Waals surface area contributed by atoms with Crippen LogP contribution in [0.25, 0.3) is 0 Å². The monoisotopic (exact) mass is 192 g/mol. The molecule has 0 unspecified atom stereocenters. The fraction of sp³-hybridized carbons (Fsp3) is 0.625. The molecule has 0 fully saturated rings. The lowest BCUT2D eigenvalue weighted by atomic mass is 10.3. The average molecular weight is 192 g/mol. The van der Waals surface area contributed by atoms with Crippen molar-refractivity contribution in [1.82, 2.24) is 9.78 Å². The molecule has 5 heteroatoms. The molecule has 1 aromatic heterocycles. The van der Waals surface area contributed by atoms with Gasteiger partial charge in [0.15, 0.2) is 0 Å². The molecule has 0 saturated carbocycles. The molecule has 74 valence electrons. The van der Waals surface area contributed by atoms with Crippen molar-refractivity contribution >= 4 is 0 Å². The standard InChI is InChI=1S/C8H11F3N2/c1-7-3-6-13(12-7)5-2-4-8(9,10)11/h3,6H,2,4-5H2,1H3. The number of rotatable bonds is 3. The second-order valence-electron chi connectivity index (χ2n) is 2.94. The molecular weight excluding hydrogens is 181 g/mol. The Balaban J connectivity index is 2.28. The lowest BCUT2D eigenvalue weighted by molar-refractivity contribution is -0.136. The van der Waals surface area contributed by atoms with Crippen LogP contribution in [0.2, 0.25) is 0 Å². The SMILES string of the molecule is Cc1ccn(CCCC(F)(F)F)n1. The van der Waals surface area contributed by atoms with Crippen molar-refractivity contribution in [1.29, 1.82) is 0 Å². The Hall–Kier alpha value is -1.00. The number of aromatic nitrogens is 2. The molecule has 2 nitrogen and oxygen atoms in total. The molecule has 0 N–H and O–H groups in total. The van der Waals surface area contributed by atoms with Crippen molar-refractivity contribution in [2.24, 2.45) is 0 Å². The molecule has 1 heterocycles. The number of nitrogens with zero attached hydrogens (tertiary/aromatic N) is 2. The zero-order valence-electron chi connectivity index (χ0n) is 7.30. The summed E-state index contributed by atoms with van der Waals surface area (Å²) in [5, 5.41) is 3.98. The van der Waals surface area contributed by atoms with Crippen molar-refractivity contribution in [2.75, 3.05) is 0 Å². The smallest absolute Gasteiger partial charge is 0.272 e. The minimum Gasteiger partial charge on any atom is -0.272 e. The van der Waals surface area contributed by atoms with Gasteiger partial charge in [0.2, 0.25) is 0 Å². The van der Waals surface area contributed by atoms with Crippen molar-refractivity contribution in [3.63, 3.8) is 0 Å². The number of hydrogen-bond acceptors (Lipinski definition) is 1. The summed E-state index contributed by atoms with van der Waals surface area (Å²) in [7, 11) is 0. The minimum absolute atomic E-state index is 0.0879. The molecule has 0 bridgehead atoms. The second-order valence-corrected chi connectivity index (χ2v) is 2.94. The van der Waals surface area contributed by atoms with Crippen LogP contribution in [-0.4, -0.2) is 16.0 Å². The fourth-order valence-corrected chi connectivity index (χ4v) is 1.03. The summed E-state index contributed by atoms with van der Waals surface area (Å²) in [4.78, 5) is 0. The van der Waals surface area contributed by atoms with E-state index < -0.39 is 12.6 Å². The summed E-state index contributed by atoms with van der Waals surface area (Å²) in [5.74, 6) is 0. The van der Waals surface area contributed by atoms with Crippen LogP contribution in [0.5, 0.6) is 0 Å². The summed E-state index contributed by atoms with van der Waals surface area (Å²) in [5.41, 5.74) is 0.826. The zero-order chi connectivity index (χ0) is 9.90. The van der Waals surface area contributed by atoms with Crippen LogP contribution < -0.4 is 0 Å². The van der Waals surface area contributed by atoms with Crippen molar-refractivity contribution in [3.8, 4) is 0 Å². The van der Waals surface area contributed by atoms with Gasteiger partial charge >= 0.3 is 6.18 Å². The van der Waals surface area contributed by atoms with Crippen LogP contribution in [0.1, 0.15) is 18.5 Å². The maximum atomic E-state index is 11.7. The van der Waals surface area contributed by atoms with Crippen LogP contribution in [-0.2, 0) is 6.54 Å². The van der Waals surface area contributed by atoms with E-state index in [1.165, 1.54) is 4.68 Å². The van der Waals surface area contributed by atoms with Gasteiger partial charge in [0, 0.05) is 19.2 Å². The first kappa shape index (κ1) is 10.1. The Morgan fingerprint density at radius 1 is 1.46 bits per heavy atom.